The minimum absolute atomic E-state index is 0.0630. The van der Waals surface area contributed by atoms with Crippen molar-refractivity contribution in [2.24, 2.45) is 5.14 Å². The fourth-order valence-corrected chi connectivity index (χ4v) is 2.93. The van der Waals surface area contributed by atoms with Gasteiger partial charge >= 0.3 is 6.03 Å². The summed E-state index contributed by atoms with van der Waals surface area (Å²) in [5.74, 6) is 0. The number of nitrogens with one attached hydrogen (secondary N) is 2. The molecule has 0 fully saturated rings. The lowest BCUT2D eigenvalue weighted by Crippen LogP contribution is -2.37. The van der Waals surface area contributed by atoms with Gasteiger partial charge in [0, 0.05) is 6.54 Å². The third kappa shape index (κ3) is 6.21. The van der Waals surface area contributed by atoms with Crippen LogP contribution in [0, 0.1) is 0 Å². The van der Waals surface area contributed by atoms with Crippen molar-refractivity contribution in [3.8, 4) is 0 Å². The van der Waals surface area contributed by atoms with Crippen molar-refractivity contribution in [3.63, 3.8) is 0 Å². The number of hydrogen-bond acceptors (Lipinski definition) is 3. The Morgan fingerprint density at radius 1 is 1.08 bits per heavy atom. The van der Waals surface area contributed by atoms with Gasteiger partial charge in [-0.1, -0.05) is 42.5 Å². The van der Waals surface area contributed by atoms with E-state index in [0.717, 1.165) is 24.0 Å². The average molecular weight is 361 g/mol. The number of hydrogen-bond donors (Lipinski definition) is 3. The van der Waals surface area contributed by atoms with Crippen LogP contribution in [0.4, 0.5) is 4.79 Å². The summed E-state index contributed by atoms with van der Waals surface area (Å²) in [6, 6.07) is 15.9. The summed E-state index contributed by atoms with van der Waals surface area (Å²) in [6.45, 7) is 2.46. The normalized spacial score (nSPS) is 12.4. The van der Waals surface area contributed by atoms with Crippen molar-refractivity contribution in [3.05, 3.63) is 65.7 Å². The second kappa shape index (κ2) is 8.64. The Hall–Kier alpha value is -2.38. The van der Waals surface area contributed by atoms with Crippen LogP contribution in [0.1, 0.15) is 30.5 Å². The standard InChI is InChI=1S/C18H23N3O3S/c1-14(16-7-3-2-4-8-16)21-18(22)20-13-5-6-15-9-11-17(12-10-15)25(19,23)24/h2-4,7-12,14H,5-6,13H2,1H3,(H2,19,23,24)(H2,20,21,22)/t14-/m1/s1. The Kier molecular flexibility index (Phi) is 6.55. The molecule has 0 saturated heterocycles. The molecular weight excluding hydrogens is 338 g/mol. The van der Waals surface area contributed by atoms with E-state index >= 15 is 0 Å². The number of primary sulfonamides is 1. The summed E-state index contributed by atoms with van der Waals surface area (Å²) in [5.41, 5.74) is 2.04. The SMILES string of the molecule is C[C@@H](NC(=O)NCCCc1ccc(S(N)(=O)=O)cc1)c1ccccc1. The Balaban J connectivity index is 1.71. The number of aryl methyl sites for hydroxylation is 1. The number of urea groups is 1. The first-order valence-corrected chi connectivity index (χ1v) is 9.62. The molecule has 4 N–H and O–H groups in total. The van der Waals surface area contributed by atoms with E-state index in [9.17, 15) is 13.2 Å². The lowest BCUT2D eigenvalue weighted by molar-refractivity contribution is 0.238. The van der Waals surface area contributed by atoms with E-state index in [-0.39, 0.29) is 17.0 Å². The first-order valence-electron chi connectivity index (χ1n) is 8.07. The van der Waals surface area contributed by atoms with Crippen LogP contribution in [0.3, 0.4) is 0 Å². The van der Waals surface area contributed by atoms with Crippen molar-refractivity contribution in [2.75, 3.05) is 6.54 Å². The Morgan fingerprint density at radius 3 is 2.32 bits per heavy atom. The van der Waals surface area contributed by atoms with Gasteiger partial charge in [0.15, 0.2) is 0 Å². The van der Waals surface area contributed by atoms with E-state index in [1.807, 2.05) is 37.3 Å². The van der Waals surface area contributed by atoms with Crippen LogP contribution in [0.2, 0.25) is 0 Å². The summed E-state index contributed by atoms with van der Waals surface area (Å²) in [7, 11) is -3.66. The first kappa shape index (κ1) is 19.0. The first-order chi connectivity index (χ1) is 11.9. The molecule has 2 aromatic carbocycles. The summed E-state index contributed by atoms with van der Waals surface area (Å²) in [5, 5.41) is 10.8. The molecule has 2 aromatic rings. The molecule has 0 radical (unpaired) electrons. The molecule has 1 atom stereocenters. The molecule has 0 aliphatic carbocycles. The van der Waals surface area contributed by atoms with Gasteiger partial charge in [0.25, 0.3) is 0 Å². The summed E-state index contributed by atoms with van der Waals surface area (Å²) in [6.07, 6.45) is 1.49. The lowest BCUT2D eigenvalue weighted by Gasteiger charge is -2.15. The molecule has 25 heavy (non-hydrogen) atoms. The van der Waals surface area contributed by atoms with Crippen LogP contribution < -0.4 is 15.8 Å². The highest BCUT2D eigenvalue weighted by atomic mass is 32.2. The number of nitrogens with two attached hydrogens (primary N) is 1. The molecule has 2 amide bonds. The van der Waals surface area contributed by atoms with Crippen molar-refractivity contribution >= 4 is 16.1 Å². The number of sulfonamides is 1. The fourth-order valence-electron chi connectivity index (χ4n) is 2.41. The number of amides is 2. The fraction of sp³-hybridized carbons (Fsp3) is 0.278. The predicted molar refractivity (Wildman–Crippen MR) is 97.5 cm³/mol. The van der Waals surface area contributed by atoms with Crippen molar-refractivity contribution in [1.29, 1.82) is 0 Å². The van der Waals surface area contributed by atoms with Gasteiger partial charge < -0.3 is 10.6 Å². The van der Waals surface area contributed by atoms with Gasteiger partial charge in [0.2, 0.25) is 10.0 Å². The summed E-state index contributed by atoms with van der Waals surface area (Å²) >= 11 is 0. The zero-order valence-electron chi connectivity index (χ0n) is 14.1. The van der Waals surface area contributed by atoms with Gasteiger partial charge in [-0.25, -0.2) is 18.4 Å². The second-order valence-electron chi connectivity index (χ2n) is 5.83. The maximum atomic E-state index is 11.9. The maximum absolute atomic E-state index is 11.9. The van der Waals surface area contributed by atoms with Gasteiger partial charge in [-0.05, 0) is 43.0 Å². The van der Waals surface area contributed by atoms with Gasteiger partial charge in [-0.2, -0.15) is 0 Å². The van der Waals surface area contributed by atoms with Crippen molar-refractivity contribution in [2.45, 2.75) is 30.7 Å². The second-order valence-corrected chi connectivity index (χ2v) is 7.39. The van der Waals surface area contributed by atoms with Crippen LogP contribution in [0.15, 0.2) is 59.5 Å². The molecule has 0 bridgehead atoms. The zero-order chi connectivity index (χ0) is 18.3. The highest BCUT2D eigenvalue weighted by molar-refractivity contribution is 7.89. The van der Waals surface area contributed by atoms with E-state index in [0.29, 0.717) is 6.54 Å². The van der Waals surface area contributed by atoms with Crippen molar-refractivity contribution in [1.82, 2.24) is 10.6 Å². The Labute approximate surface area is 148 Å². The Bertz CT molecular complexity index is 790. The maximum Gasteiger partial charge on any atom is 0.315 e. The molecule has 0 aliphatic rings. The van der Waals surface area contributed by atoms with Gasteiger partial charge in [0.05, 0.1) is 10.9 Å². The van der Waals surface area contributed by atoms with E-state index in [2.05, 4.69) is 10.6 Å². The topological polar surface area (TPSA) is 101 Å². The van der Waals surface area contributed by atoms with Crippen LogP contribution >= 0.6 is 0 Å². The van der Waals surface area contributed by atoms with Crippen molar-refractivity contribution < 1.29 is 13.2 Å². The average Bonchev–Trinajstić information content (AvgIpc) is 2.59. The molecule has 134 valence electrons. The lowest BCUT2D eigenvalue weighted by atomic mass is 10.1. The van der Waals surface area contributed by atoms with Gasteiger partial charge in [-0.3, -0.25) is 0 Å². The molecule has 7 heteroatoms. The predicted octanol–water partition coefficient (Wildman–Crippen LogP) is 2.33. The third-order valence-electron chi connectivity index (χ3n) is 3.83. The van der Waals surface area contributed by atoms with E-state index in [1.165, 1.54) is 12.1 Å². The van der Waals surface area contributed by atoms with E-state index in [4.69, 9.17) is 5.14 Å². The highest BCUT2D eigenvalue weighted by Gasteiger charge is 2.09. The molecule has 6 nitrogen and oxygen atoms in total. The van der Waals surface area contributed by atoms with E-state index < -0.39 is 10.0 Å². The molecule has 2 rings (SSSR count). The minimum Gasteiger partial charge on any atom is -0.338 e. The van der Waals surface area contributed by atoms with Gasteiger partial charge in [0.1, 0.15) is 0 Å². The molecule has 0 saturated carbocycles. The van der Waals surface area contributed by atoms with Crippen LogP contribution in [0.5, 0.6) is 0 Å². The van der Waals surface area contributed by atoms with Gasteiger partial charge in [-0.15, -0.1) is 0 Å². The van der Waals surface area contributed by atoms with Crippen LogP contribution in [0.25, 0.3) is 0 Å². The number of benzene rings is 2. The molecule has 0 aromatic heterocycles. The smallest absolute Gasteiger partial charge is 0.315 e. The molecule has 0 aliphatic heterocycles. The molecule has 0 spiro atoms. The third-order valence-corrected chi connectivity index (χ3v) is 4.76. The zero-order valence-corrected chi connectivity index (χ0v) is 14.9. The van der Waals surface area contributed by atoms with Crippen LogP contribution in [-0.2, 0) is 16.4 Å². The summed E-state index contributed by atoms with van der Waals surface area (Å²) < 4.78 is 22.4. The molecule has 0 heterocycles. The highest BCUT2D eigenvalue weighted by Crippen LogP contribution is 2.11. The number of rotatable bonds is 7. The molecular formula is C18H23N3O3S. The van der Waals surface area contributed by atoms with E-state index in [1.54, 1.807) is 12.1 Å². The monoisotopic (exact) mass is 361 g/mol. The Morgan fingerprint density at radius 2 is 1.72 bits per heavy atom. The number of carbonyl (C=O) groups excluding carboxylic acids is 1. The minimum atomic E-state index is -3.66. The largest absolute Gasteiger partial charge is 0.338 e. The number of carbonyl (C=O) groups is 1. The van der Waals surface area contributed by atoms with Crippen LogP contribution in [-0.4, -0.2) is 21.0 Å². The summed E-state index contributed by atoms with van der Waals surface area (Å²) in [4.78, 5) is 12.0. The molecule has 0 unspecified atom stereocenters. The quantitative estimate of drug-likeness (QED) is 0.660.